The predicted octanol–water partition coefficient (Wildman–Crippen LogP) is 4.61. The van der Waals surface area contributed by atoms with Crippen molar-refractivity contribution in [3.05, 3.63) is 58.2 Å². The number of benzene rings is 1. The van der Waals surface area contributed by atoms with Gasteiger partial charge in [-0.25, -0.2) is 4.39 Å². The molecule has 0 saturated carbocycles. The van der Waals surface area contributed by atoms with Crippen LogP contribution in [0.2, 0.25) is 0 Å². The average Bonchev–Trinajstić information content (AvgIpc) is 3.40. The van der Waals surface area contributed by atoms with E-state index in [4.69, 9.17) is 0 Å². The maximum absolute atomic E-state index is 13.5. The summed E-state index contributed by atoms with van der Waals surface area (Å²) >= 11 is 1.84. The van der Waals surface area contributed by atoms with Crippen LogP contribution in [0.1, 0.15) is 23.3 Å². The lowest BCUT2D eigenvalue weighted by molar-refractivity contribution is 0.169. The molecule has 1 aliphatic rings. The van der Waals surface area contributed by atoms with E-state index in [2.05, 4.69) is 43.0 Å². The minimum Gasteiger partial charge on any atom is -0.361 e. The number of fused-ring (bicyclic) bond motifs is 1. The molecule has 5 nitrogen and oxygen atoms in total. The molecule has 3 heterocycles. The number of thiophene rings is 1. The van der Waals surface area contributed by atoms with Gasteiger partial charge in [0.1, 0.15) is 5.82 Å². The van der Waals surface area contributed by atoms with Crippen LogP contribution in [0.5, 0.6) is 0 Å². The molecule has 31 heavy (non-hydrogen) atoms. The van der Waals surface area contributed by atoms with E-state index in [9.17, 15) is 4.39 Å². The van der Waals surface area contributed by atoms with Crippen molar-refractivity contribution < 1.29 is 4.39 Å². The fraction of sp³-hybridized carbons (Fsp3) is 0.435. The first kappa shape index (κ1) is 24.0. The van der Waals surface area contributed by atoms with Crippen LogP contribution in [0.25, 0.3) is 10.9 Å². The number of aliphatic imine (C=N–C) groups is 1. The van der Waals surface area contributed by atoms with Gasteiger partial charge >= 0.3 is 0 Å². The predicted molar refractivity (Wildman–Crippen MR) is 139 cm³/mol. The van der Waals surface area contributed by atoms with Crippen LogP contribution in [0.15, 0.2) is 46.9 Å². The zero-order valence-corrected chi connectivity index (χ0v) is 21.0. The summed E-state index contributed by atoms with van der Waals surface area (Å²) in [7, 11) is 1.81. The Bertz CT molecular complexity index is 972. The van der Waals surface area contributed by atoms with Crippen LogP contribution < -0.4 is 10.6 Å². The Hall–Kier alpha value is -1.65. The standard InChI is InChI=1S/C23H30FN5S.HI/c1-25-23(26-9-8-18-14-27-22-7-6-19(24)12-21(18)22)28-13-17-4-2-10-29(15-17)16-20-5-3-11-30-20;/h3,5-7,11-12,14,17,27H,2,4,8-10,13,15-16H2,1H3,(H2,25,26,28);1H. The Kier molecular flexibility index (Phi) is 9.15. The average molecular weight is 556 g/mol. The minimum atomic E-state index is -0.200. The Morgan fingerprint density at radius 1 is 1.32 bits per heavy atom. The molecule has 1 unspecified atom stereocenters. The van der Waals surface area contributed by atoms with Crippen molar-refractivity contribution in [3.63, 3.8) is 0 Å². The number of H-pyrrole nitrogens is 1. The van der Waals surface area contributed by atoms with Gasteiger partial charge in [0.2, 0.25) is 0 Å². The molecule has 4 rings (SSSR count). The van der Waals surface area contributed by atoms with Crippen LogP contribution in [0.3, 0.4) is 0 Å². The molecule has 168 valence electrons. The summed E-state index contributed by atoms with van der Waals surface area (Å²) in [5, 5.41) is 9.99. The van der Waals surface area contributed by atoms with Crippen LogP contribution >= 0.6 is 35.3 Å². The molecule has 0 aliphatic carbocycles. The molecule has 0 amide bonds. The lowest BCUT2D eigenvalue weighted by atomic mass is 9.98. The second-order valence-electron chi connectivity index (χ2n) is 7.96. The zero-order valence-electron chi connectivity index (χ0n) is 17.9. The molecule has 8 heteroatoms. The molecule has 1 fully saturated rings. The summed E-state index contributed by atoms with van der Waals surface area (Å²) in [6.45, 7) is 5.05. The third-order valence-corrected chi connectivity index (χ3v) is 6.62. The number of hydrogen-bond acceptors (Lipinski definition) is 3. The number of nitrogens with one attached hydrogen (secondary N) is 3. The summed E-state index contributed by atoms with van der Waals surface area (Å²) in [4.78, 5) is 11.6. The highest BCUT2D eigenvalue weighted by atomic mass is 127. The summed E-state index contributed by atoms with van der Waals surface area (Å²) in [5.74, 6) is 1.26. The van der Waals surface area contributed by atoms with Crippen LogP contribution in [0, 0.1) is 11.7 Å². The Balaban J connectivity index is 0.00000272. The van der Waals surface area contributed by atoms with Gasteiger partial charge in [-0.1, -0.05) is 6.07 Å². The van der Waals surface area contributed by atoms with Crippen molar-refractivity contribution in [1.82, 2.24) is 20.5 Å². The SMILES string of the molecule is CN=C(NCCc1c[nH]c2ccc(F)cc12)NCC1CCCN(Cc2cccs2)C1.I. The normalized spacial score (nSPS) is 17.5. The number of hydrogen-bond donors (Lipinski definition) is 3. The third kappa shape index (κ3) is 6.66. The molecule has 0 spiro atoms. The van der Waals surface area contributed by atoms with Gasteiger partial charge in [0.05, 0.1) is 0 Å². The van der Waals surface area contributed by atoms with Gasteiger partial charge in [-0.15, -0.1) is 35.3 Å². The molecule has 1 aromatic carbocycles. The van der Waals surface area contributed by atoms with Gasteiger partial charge in [0.15, 0.2) is 5.96 Å². The Morgan fingerprint density at radius 3 is 3.03 bits per heavy atom. The fourth-order valence-electron chi connectivity index (χ4n) is 4.22. The van der Waals surface area contributed by atoms with Gasteiger partial charge < -0.3 is 15.6 Å². The fourth-order valence-corrected chi connectivity index (χ4v) is 4.97. The number of aromatic nitrogens is 1. The highest BCUT2D eigenvalue weighted by molar-refractivity contribution is 14.0. The number of aromatic amines is 1. The van der Waals surface area contributed by atoms with Crippen molar-refractivity contribution in [2.24, 2.45) is 10.9 Å². The first-order valence-electron chi connectivity index (χ1n) is 10.7. The van der Waals surface area contributed by atoms with E-state index in [1.807, 2.05) is 17.5 Å². The van der Waals surface area contributed by atoms with Crippen molar-refractivity contribution in [3.8, 4) is 0 Å². The molecular formula is C23H31FIN5S. The van der Waals surface area contributed by atoms with E-state index in [-0.39, 0.29) is 29.8 Å². The van der Waals surface area contributed by atoms with E-state index in [1.54, 1.807) is 19.2 Å². The number of piperidine rings is 1. The monoisotopic (exact) mass is 555 g/mol. The lowest BCUT2D eigenvalue weighted by Gasteiger charge is -2.32. The van der Waals surface area contributed by atoms with E-state index in [1.165, 1.54) is 30.3 Å². The van der Waals surface area contributed by atoms with Gasteiger partial charge in [-0.2, -0.15) is 0 Å². The second kappa shape index (κ2) is 11.8. The first-order valence-corrected chi connectivity index (χ1v) is 11.5. The third-order valence-electron chi connectivity index (χ3n) is 5.76. The molecule has 1 saturated heterocycles. The first-order chi connectivity index (χ1) is 14.7. The highest BCUT2D eigenvalue weighted by Gasteiger charge is 2.20. The molecule has 3 N–H and O–H groups in total. The smallest absolute Gasteiger partial charge is 0.190 e. The van der Waals surface area contributed by atoms with Crippen LogP contribution in [0.4, 0.5) is 4.39 Å². The summed E-state index contributed by atoms with van der Waals surface area (Å²) in [6.07, 6.45) is 5.28. The van der Waals surface area contributed by atoms with E-state index in [0.717, 1.165) is 55.0 Å². The van der Waals surface area contributed by atoms with Crippen molar-refractivity contribution in [2.75, 3.05) is 33.2 Å². The zero-order chi connectivity index (χ0) is 20.8. The molecule has 3 aromatic rings. The quantitative estimate of drug-likeness (QED) is 0.227. The second-order valence-corrected chi connectivity index (χ2v) is 8.99. The maximum atomic E-state index is 13.5. The van der Waals surface area contributed by atoms with Gasteiger partial charge in [0.25, 0.3) is 0 Å². The molecular weight excluding hydrogens is 524 g/mol. The molecule has 2 aromatic heterocycles. The number of halogens is 2. The highest BCUT2D eigenvalue weighted by Crippen LogP contribution is 2.21. The van der Waals surface area contributed by atoms with E-state index >= 15 is 0 Å². The van der Waals surface area contributed by atoms with E-state index in [0.29, 0.717) is 5.92 Å². The van der Waals surface area contributed by atoms with Crippen molar-refractivity contribution >= 4 is 52.2 Å². The Labute approximate surface area is 204 Å². The number of nitrogens with zero attached hydrogens (tertiary/aromatic N) is 2. The molecule has 0 radical (unpaired) electrons. The summed E-state index contributed by atoms with van der Waals surface area (Å²) in [6, 6.07) is 9.22. The van der Waals surface area contributed by atoms with Crippen LogP contribution in [-0.2, 0) is 13.0 Å². The number of likely N-dealkylation sites (tertiary alicyclic amines) is 1. The maximum Gasteiger partial charge on any atom is 0.190 e. The van der Waals surface area contributed by atoms with Crippen molar-refractivity contribution in [2.45, 2.75) is 25.8 Å². The van der Waals surface area contributed by atoms with E-state index < -0.39 is 0 Å². The minimum absolute atomic E-state index is 0. The van der Waals surface area contributed by atoms with Gasteiger partial charge in [-0.3, -0.25) is 9.89 Å². The van der Waals surface area contributed by atoms with Crippen LogP contribution in [-0.4, -0.2) is 49.1 Å². The largest absolute Gasteiger partial charge is 0.361 e. The molecule has 0 bridgehead atoms. The number of guanidine groups is 1. The van der Waals surface area contributed by atoms with Gasteiger partial charge in [-0.05, 0) is 66.9 Å². The molecule has 1 aliphatic heterocycles. The Morgan fingerprint density at radius 2 is 2.23 bits per heavy atom. The topological polar surface area (TPSA) is 55.5 Å². The lowest BCUT2D eigenvalue weighted by Crippen LogP contribution is -2.44. The summed E-state index contributed by atoms with van der Waals surface area (Å²) in [5.41, 5.74) is 2.09. The molecule has 1 atom stereocenters. The number of rotatable bonds is 7. The van der Waals surface area contributed by atoms with Crippen molar-refractivity contribution in [1.29, 1.82) is 0 Å². The summed E-state index contributed by atoms with van der Waals surface area (Å²) < 4.78 is 13.5. The van der Waals surface area contributed by atoms with Gasteiger partial charge in [0, 0.05) is 55.2 Å².